The summed E-state index contributed by atoms with van der Waals surface area (Å²) in [7, 11) is 0. The summed E-state index contributed by atoms with van der Waals surface area (Å²) in [6, 6.07) is 5.44. The van der Waals surface area contributed by atoms with Crippen LogP contribution in [-0.4, -0.2) is 28.6 Å². The van der Waals surface area contributed by atoms with Crippen LogP contribution in [0.3, 0.4) is 0 Å². The molecule has 1 aromatic carbocycles. The van der Waals surface area contributed by atoms with Crippen molar-refractivity contribution in [1.29, 1.82) is 0 Å². The van der Waals surface area contributed by atoms with Crippen LogP contribution in [-0.2, 0) is 0 Å². The summed E-state index contributed by atoms with van der Waals surface area (Å²) >= 11 is 0. The van der Waals surface area contributed by atoms with E-state index in [0.29, 0.717) is 12.0 Å². The van der Waals surface area contributed by atoms with Crippen molar-refractivity contribution >= 4 is 16.8 Å². The van der Waals surface area contributed by atoms with E-state index in [1.54, 1.807) is 6.07 Å². The predicted molar refractivity (Wildman–Crippen MR) is 76.4 cm³/mol. The summed E-state index contributed by atoms with van der Waals surface area (Å²) in [5.74, 6) is -0.138. The molecule has 0 aliphatic rings. The highest BCUT2D eigenvalue weighted by Gasteiger charge is 2.13. The number of aliphatic hydroxyl groups excluding tert-OH is 1. The van der Waals surface area contributed by atoms with E-state index < -0.39 is 0 Å². The molecule has 0 saturated heterocycles. The van der Waals surface area contributed by atoms with Gasteiger partial charge in [0.25, 0.3) is 5.91 Å². The number of carbonyl (C=O) groups is 1. The van der Waals surface area contributed by atoms with Crippen molar-refractivity contribution in [3.63, 3.8) is 0 Å². The lowest BCUT2D eigenvalue weighted by molar-refractivity contribution is 0.0915. The van der Waals surface area contributed by atoms with Crippen molar-refractivity contribution in [2.24, 2.45) is 0 Å². The van der Waals surface area contributed by atoms with E-state index in [4.69, 9.17) is 5.11 Å². The van der Waals surface area contributed by atoms with Crippen LogP contribution in [0.2, 0.25) is 0 Å². The van der Waals surface area contributed by atoms with Gasteiger partial charge < -0.3 is 15.4 Å². The quantitative estimate of drug-likeness (QED) is 0.789. The smallest absolute Gasteiger partial charge is 0.251 e. The van der Waals surface area contributed by atoms with Crippen LogP contribution in [0.25, 0.3) is 10.9 Å². The Balaban J connectivity index is 2.30. The van der Waals surface area contributed by atoms with Crippen LogP contribution in [0.15, 0.2) is 18.2 Å². The van der Waals surface area contributed by atoms with Gasteiger partial charge in [-0.25, -0.2) is 0 Å². The average Bonchev–Trinajstić information content (AvgIpc) is 2.71. The normalized spacial score (nSPS) is 12.6. The third-order valence-corrected chi connectivity index (χ3v) is 3.62. The number of carbonyl (C=O) groups excluding carboxylic acids is 1. The Morgan fingerprint density at radius 3 is 2.79 bits per heavy atom. The summed E-state index contributed by atoms with van der Waals surface area (Å²) in [5.41, 5.74) is 3.95. The van der Waals surface area contributed by atoms with Gasteiger partial charge in [0, 0.05) is 22.2 Å². The number of hydrogen-bond donors (Lipinski definition) is 3. The molecule has 1 heterocycles. The summed E-state index contributed by atoms with van der Waals surface area (Å²) < 4.78 is 0. The first-order valence-corrected chi connectivity index (χ1v) is 6.57. The Bertz CT molecular complexity index is 597. The van der Waals surface area contributed by atoms with Crippen LogP contribution in [0.4, 0.5) is 0 Å². The number of H-pyrrole nitrogens is 1. The molecule has 0 saturated carbocycles. The van der Waals surface area contributed by atoms with Gasteiger partial charge in [-0.3, -0.25) is 4.79 Å². The van der Waals surface area contributed by atoms with Crippen molar-refractivity contribution in [2.45, 2.75) is 33.2 Å². The molecule has 0 radical (unpaired) electrons. The highest BCUT2D eigenvalue weighted by molar-refractivity contribution is 5.99. The molecule has 1 atom stereocenters. The van der Waals surface area contributed by atoms with Crippen LogP contribution < -0.4 is 5.32 Å². The second-order valence-electron chi connectivity index (χ2n) is 4.90. The van der Waals surface area contributed by atoms with E-state index >= 15 is 0 Å². The van der Waals surface area contributed by atoms with Crippen LogP contribution >= 0.6 is 0 Å². The average molecular weight is 260 g/mol. The zero-order valence-corrected chi connectivity index (χ0v) is 11.6. The molecule has 4 nitrogen and oxygen atoms in total. The Labute approximate surface area is 112 Å². The summed E-state index contributed by atoms with van der Waals surface area (Å²) in [6.45, 7) is 5.96. The van der Waals surface area contributed by atoms with Gasteiger partial charge in [0.15, 0.2) is 0 Å². The summed E-state index contributed by atoms with van der Waals surface area (Å²) in [4.78, 5) is 15.4. The first-order valence-electron chi connectivity index (χ1n) is 6.57. The largest absolute Gasteiger partial charge is 0.394 e. The molecule has 0 unspecified atom stereocenters. The number of rotatable bonds is 4. The van der Waals surface area contributed by atoms with Gasteiger partial charge in [0.1, 0.15) is 0 Å². The van der Waals surface area contributed by atoms with E-state index in [-0.39, 0.29) is 18.6 Å². The number of nitrogens with one attached hydrogen (secondary N) is 2. The minimum Gasteiger partial charge on any atom is -0.394 e. The van der Waals surface area contributed by atoms with Gasteiger partial charge in [-0.15, -0.1) is 0 Å². The van der Waals surface area contributed by atoms with Gasteiger partial charge in [-0.1, -0.05) is 6.92 Å². The predicted octanol–water partition coefficient (Wildman–Crippen LogP) is 2.29. The Morgan fingerprint density at radius 1 is 1.42 bits per heavy atom. The molecule has 0 aliphatic heterocycles. The molecule has 19 heavy (non-hydrogen) atoms. The molecule has 0 aliphatic carbocycles. The van der Waals surface area contributed by atoms with Crippen LogP contribution in [0.1, 0.15) is 35.0 Å². The molecule has 1 aromatic heterocycles. The molecule has 4 heteroatoms. The van der Waals surface area contributed by atoms with E-state index in [1.807, 2.05) is 32.9 Å². The van der Waals surface area contributed by atoms with Crippen molar-refractivity contribution in [3.8, 4) is 0 Å². The fraction of sp³-hybridized carbons (Fsp3) is 0.400. The third-order valence-electron chi connectivity index (χ3n) is 3.62. The molecule has 102 valence electrons. The zero-order valence-electron chi connectivity index (χ0n) is 11.6. The number of aryl methyl sites for hydroxylation is 2. The molecule has 2 aromatic rings. The van der Waals surface area contributed by atoms with Crippen molar-refractivity contribution in [1.82, 2.24) is 10.3 Å². The maximum atomic E-state index is 12.1. The lowest BCUT2D eigenvalue weighted by Gasteiger charge is -2.13. The summed E-state index contributed by atoms with van der Waals surface area (Å²) in [6.07, 6.45) is 0.715. The van der Waals surface area contributed by atoms with E-state index in [2.05, 4.69) is 10.3 Å². The maximum Gasteiger partial charge on any atom is 0.251 e. The monoisotopic (exact) mass is 260 g/mol. The molecule has 0 bridgehead atoms. The molecular weight excluding hydrogens is 240 g/mol. The number of hydrogen-bond acceptors (Lipinski definition) is 2. The van der Waals surface area contributed by atoms with Gasteiger partial charge in [-0.05, 0) is 44.0 Å². The van der Waals surface area contributed by atoms with Gasteiger partial charge in [0.2, 0.25) is 0 Å². The van der Waals surface area contributed by atoms with Crippen molar-refractivity contribution < 1.29 is 9.90 Å². The van der Waals surface area contributed by atoms with Crippen molar-refractivity contribution in [2.75, 3.05) is 6.61 Å². The van der Waals surface area contributed by atoms with Gasteiger partial charge in [-0.2, -0.15) is 0 Å². The Kier molecular flexibility index (Phi) is 3.90. The number of benzene rings is 1. The van der Waals surface area contributed by atoms with Gasteiger partial charge in [0.05, 0.1) is 12.6 Å². The SMILES string of the molecule is CC[C@H](CO)NC(=O)c1ccc2[nH]c(C)c(C)c2c1. The molecular formula is C15H20N2O2. The second-order valence-corrected chi connectivity index (χ2v) is 4.90. The minimum absolute atomic E-state index is 0.0349. The summed E-state index contributed by atoms with van der Waals surface area (Å²) in [5, 5.41) is 13.0. The highest BCUT2D eigenvalue weighted by Crippen LogP contribution is 2.22. The van der Waals surface area contributed by atoms with E-state index in [1.165, 1.54) is 5.56 Å². The van der Waals surface area contributed by atoms with E-state index in [0.717, 1.165) is 16.6 Å². The molecule has 0 spiro atoms. The molecule has 3 N–H and O–H groups in total. The topological polar surface area (TPSA) is 65.1 Å². The third kappa shape index (κ3) is 2.63. The maximum absolute atomic E-state index is 12.1. The fourth-order valence-corrected chi connectivity index (χ4v) is 2.15. The molecule has 2 rings (SSSR count). The fourth-order valence-electron chi connectivity index (χ4n) is 2.15. The number of aromatic nitrogens is 1. The lowest BCUT2D eigenvalue weighted by atomic mass is 10.1. The van der Waals surface area contributed by atoms with Gasteiger partial charge >= 0.3 is 0 Å². The Hall–Kier alpha value is -1.81. The molecule has 1 amide bonds. The number of amides is 1. The number of aromatic amines is 1. The number of fused-ring (bicyclic) bond motifs is 1. The lowest BCUT2D eigenvalue weighted by Crippen LogP contribution is -2.36. The zero-order chi connectivity index (χ0) is 14.0. The first-order chi connectivity index (χ1) is 9.06. The van der Waals surface area contributed by atoms with E-state index in [9.17, 15) is 4.79 Å². The second kappa shape index (κ2) is 5.45. The molecule has 0 fully saturated rings. The standard InChI is InChI=1S/C15H20N2O2/c1-4-12(8-18)17-15(19)11-5-6-14-13(7-11)9(2)10(3)16-14/h5-7,12,16,18H,4,8H2,1-3H3,(H,17,19)/t12-/m1/s1. The highest BCUT2D eigenvalue weighted by atomic mass is 16.3. The number of aliphatic hydroxyl groups is 1. The Morgan fingerprint density at radius 2 is 2.16 bits per heavy atom. The van der Waals surface area contributed by atoms with Crippen LogP contribution in [0, 0.1) is 13.8 Å². The minimum atomic E-state index is -0.183. The van der Waals surface area contributed by atoms with Crippen molar-refractivity contribution in [3.05, 3.63) is 35.0 Å². The van der Waals surface area contributed by atoms with Crippen LogP contribution in [0.5, 0.6) is 0 Å². The first kappa shape index (κ1) is 13.6.